The van der Waals surface area contributed by atoms with E-state index in [1.54, 1.807) is 24.4 Å². The largest absolute Gasteiger partial charge is 0.507 e. The molecule has 1 unspecified atom stereocenters. The smallest absolute Gasteiger partial charge is 0.124 e. The van der Waals surface area contributed by atoms with Gasteiger partial charge in [-0.15, -0.1) is 0 Å². The Balaban J connectivity index is 1.95. The van der Waals surface area contributed by atoms with E-state index < -0.39 is 0 Å². The average Bonchev–Trinajstić information content (AvgIpc) is 2.75. The second-order valence-corrected chi connectivity index (χ2v) is 4.58. The summed E-state index contributed by atoms with van der Waals surface area (Å²) in [5, 5.41) is 26.9. The van der Waals surface area contributed by atoms with E-state index in [1.807, 2.05) is 24.7 Å². The molecule has 0 bridgehead atoms. The Kier molecular flexibility index (Phi) is 4.06. The summed E-state index contributed by atoms with van der Waals surface area (Å²) < 4.78 is 1.84. The first kappa shape index (κ1) is 13.4. The zero-order valence-corrected chi connectivity index (χ0v) is 11.2. The zero-order valence-electron chi connectivity index (χ0n) is 11.2. The molecule has 0 saturated heterocycles. The van der Waals surface area contributed by atoms with Crippen molar-refractivity contribution in [3.63, 3.8) is 0 Å². The van der Waals surface area contributed by atoms with Crippen molar-refractivity contribution < 1.29 is 10.2 Å². The molecule has 1 heterocycles. The molecule has 2 rings (SSSR count). The number of nitrogens with one attached hydrogen (secondary N) is 1. The van der Waals surface area contributed by atoms with E-state index in [9.17, 15) is 10.2 Å². The molecule has 1 atom stereocenters. The van der Waals surface area contributed by atoms with Gasteiger partial charge in [-0.1, -0.05) is 6.07 Å². The van der Waals surface area contributed by atoms with Gasteiger partial charge >= 0.3 is 0 Å². The summed E-state index contributed by atoms with van der Waals surface area (Å²) in [5.74, 6) is 0.223. The van der Waals surface area contributed by atoms with Gasteiger partial charge in [-0.25, -0.2) is 0 Å². The molecule has 5 heteroatoms. The van der Waals surface area contributed by atoms with E-state index in [-0.39, 0.29) is 17.5 Å². The number of aromatic nitrogens is 2. The van der Waals surface area contributed by atoms with Crippen LogP contribution in [-0.4, -0.2) is 26.5 Å². The number of benzene rings is 1. The van der Waals surface area contributed by atoms with E-state index in [4.69, 9.17) is 0 Å². The first-order chi connectivity index (χ1) is 9.09. The fourth-order valence-electron chi connectivity index (χ4n) is 2.15. The summed E-state index contributed by atoms with van der Waals surface area (Å²) in [6.45, 7) is 2.66. The van der Waals surface area contributed by atoms with Crippen molar-refractivity contribution in [1.29, 1.82) is 0 Å². The lowest BCUT2D eigenvalue weighted by atomic mass is 10.1. The minimum Gasteiger partial charge on any atom is -0.507 e. The van der Waals surface area contributed by atoms with Gasteiger partial charge in [-0.3, -0.25) is 4.68 Å². The van der Waals surface area contributed by atoms with E-state index in [0.717, 1.165) is 18.7 Å². The molecule has 1 aromatic carbocycles. The lowest BCUT2D eigenvalue weighted by Gasteiger charge is -2.16. The van der Waals surface area contributed by atoms with Gasteiger partial charge in [0.05, 0.1) is 5.56 Å². The molecule has 0 spiro atoms. The standard InChI is InChI=1S/C14H19N3O2/c1-10(14-12(18)4-3-5-13(14)19)15-8-6-11-7-9-16-17(11)2/h3-5,7,9-10,15,18-19H,6,8H2,1-2H3. The number of rotatable bonds is 5. The minimum absolute atomic E-state index is 0.112. The molecule has 0 aliphatic carbocycles. The van der Waals surface area contributed by atoms with Crippen LogP contribution in [0.3, 0.4) is 0 Å². The highest BCUT2D eigenvalue weighted by atomic mass is 16.3. The molecule has 0 aliphatic heterocycles. The number of nitrogens with zero attached hydrogens (tertiary/aromatic N) is 2. The molecule has 19 heavy (non-hydrogen) atoms. The van der Waals surface area contributed by atoms with E-state index in [2.05, 4.69) is 10.4 Å². The second-order valence-electron chi connectivity index (χ2n) is 4.58. The van der Waals surface area contributed by atoms with Gasteiger partial charge in [-0.05, 0) is 25.1 Å². The van der Waals surface area contributed by atoms with Crippen LogP contribution in [-0.2, 0) is 13.5 Å². The lowest BCUT2D eigenvalue weighted by molar-refractivity contribution is 0.419. The third kappa shape index (κ3) is 3.06. The average molecular weight is 261 g/mol. The molecule has 5 nitrogen and oxygen atoms in total. The van der Waals surface area contributed by atoms with Crippen molar-refractivity contribution in [2.45, 2.75) is 19.4 Å². The molecule has 0 aliphatic rings. The number of hydrogen-bond donors (Lipinski definition) is 3. The van der Waals surface area contributed by atoms with Crippen molar-refractivity contribution in [2.24, 2.45) is 7.05 Å². The summed E-state index contributed by atoms with van der Waals surface area (Å²) in [6.07, 6.45) is 2.61. The summed E-state index contributed by atoms with van der Waals surface area (Å²) in [5.41, 5.74) is 1.67. The summed E-state index contributed by atoms with van der Waals surface area (Å²) in [4.78, 5) is 0. The van der Waals surface area contributed by atoms with Crippen LogP contribution in [0.1, 0.15) is 24.2 Å². The molecule has 102 valence electrons. The highest BCUT2D eigenvalue weighted by Gasteiger charge is 2.14. The normalized spacial score (nSPS) is 12.5. The molecule has 2 aromatic rings. The van der Waals surface area contributed by atoms with Crippen LogP contribution >= 0.6 is 0 Å². The first-order valence-electron chi connectivity index (χ1n) is 6.30. The van der Waals surface area contributed by atoms with Gasteiger partial charge in [0.2, 0.25) is 0 Å². The van der Waals surface area contributed by atoms with Gasteiger partial charge < -0.3 is 15.5 Å². The zero-order chi connectivity index (χ0) is 13.8. The third-order valence-electron chi connectivity index (χ3n) is 3.25. The molecule has 1 aromatic heterocycles. The molecule has 0 radical (unpaired) electrons. The SMILES string of the molecule is CC(NCCc1ccnn1C)c1c(O)cccc1O. The Bertz CT molecular complexity index is 531. The van der Waals surface area contributed by atoms with E-state index in [0.29, 0.717) is 5.56 Å². The molecule has 0 fully saturated rings. The maximum Gasteiger partial charge on any atom is 0.124 e. The van der Waals surface area contributed by atoms with Gasteiger partial charge in [-0.2, -0.15) is 5.10 Å². The highest BCUT2D eigenvalue weighted by molar-refractivity contribution is 5.44. The third-order valence-corrected chi connectivity index (χ3v) is 3.25. The fourth-order valence-corrected chi connectivity index (χ4v) is 2.15. The van der Waals surface area contributed by atoms with Crippen molar-refractivity contribution in [1.82, 2.24) is 15.1 Å². The van der Waals surface area contributed by atoms with Crippen molar-refractivity contribution in [3.8, 4) is 11.5 Å². The van der Waals surface area contributed by atoms with E-state index in [1.165, 1.54) is 0 Å². The van der Waals surface area contributed by atoms with Gasteiger partial charge in [0, 0.05) is 37.9 Å². The number of hydrogen-bond acceptors (Lipinski definition) is 4. The van der Waals surface area contributed by atoms with Gasteiger partial charge in [0.1, 0.15) is 11.5 Å². The second kappa shape index (κ2) is 5.75. The monoisotopic (exact) mass is 261 g/mol. The summed E-state index contributed by atoms with van der Waals surface area (Å²) >= 11 is 0. The first-order valence-corrected chi connectivity index (χ1v) is 6.30. The highest BCUT2D eigenvalue weighted by Crippen LogP contribution is 2.31. The predicted octanol–water partition coefficient (Wildman–Crippen LogP) is 1.72. The Morgan fingerprint density at radius 1 is 1.26 bits per heavy atom. The molecule has 3 N–H and O–H groups in total. The lowest BCUT2D eigenvalue weighted by Crippen LogP contribution is -2.22. The van der Waals surface area contributed by atoms with Crippen LogP contribution in [0.4, 0.5) is 0 Å². The van der Waals surface area contributed by atoms with Crippen LogP contribution < -0.4 is 5.32 Å². The number of aryl methyl sites for hydroxylation is 1. The quantitative estimate of drug-likeness (QED) is 0.766. The predicted molar refractivity (Wildman–Crippen MR) is 73.1 cm³/mol. The Morgan fingerprint density at radius 3 is 2.53 bits per heavy atom. The molecule has 0 saturated carbocycles. The Hall–Kier alpha value is -2.01. The van der Waals surface area contributed by atoms with Crippen LogP contribution in [0, 0.1) is 0 Å². The molecular weight excluding hydrogens is 242 g/mol. The Labute approximate surface area is 112 Å². The van der Waals surface area contributed by atoms with Crippen molar-refractivity contribution in [3.05, 3.63) is 41.7 Å². The maximum absolute atomic E-state index is 9.78. The van der Waals surface area contributed by atoms with Crippen molar-refractivity contribution in [2.75, 3.05) is 6.54 Å². The Morgan fingerprint density at radius 2 is 1.95 bits per heavy atom. The van der Waals surface area contributed by atoms with Gasteiger partial charge in [0.15, 0.2) is 0 Å². The number of phenols is 2. The van der Waals surface area contributed by atoms with Crippen molar-refractivity contribution >= 4 is 0 Å². The number of phenolic OH excluding ortho intramolecular Hbond substituents is 2. The number of aromatic hydroxyl groups is 2. The summed E-state index contributed by atoms with van der Waals surface area (Å²) in [7, 11) is 1.91. The fraction of sp³-hybridized carbons (Fsp3) is 0.357. The van der Waals surface area contributed by atoms with Crippen LogP contribution in [0.15, 0.2) is 30.5 Å². The van der Waals surface area contributed by atoms with E-state index >= 15 is 0 Å². The summed E-state index contributed by atoms with van der Waals surface area (Å²) in [6, 6.07) is 6.64. The minimum atomic E-state index is -0.116. The molecule has 0 amide bonds. The molecular formula is C14H19N3O2. The van der Waals surface area contributed by atoms with Crippen LogP contribution in [0.2, 0.25) is 0 Å². The van der Waals surface area contributed by atoms with Crippen LogP contribution in [0.5, 0.6) is 11.5 Å². The van der Waals surface area contributed by atoms with Crippen LogP contribution in [0.25, 0.3) is 0 Å². The van der Waals surface area contributed by atoms with Gasteiger partial charge in [0.25, 0.3) is 0 Å². The maximum atomic E-state index is 9.78. The topological polar surface area (TPSA) is 70.3 Å².